The summed E-state index contributed by atoms with van der Waals surface area (Å²) in [5.41, 5.74) is 6.00. The third kappa shape index (κ3) is 2.81. The SMILES string of the molecule is NCCC(O)C(O)c1ccccc1. The Labute approximate surface area is 77.8 Å². The van der Waals surface area contributed by atoms with Crippen LogP contribution in [0.5, 0.6) is 0 Å². The summed E-state index contributed by atoms with van der Waals surface area (Å²) in [6.45, 7) is 0.380. The van der Waals surface area contributed by atoms with Crippen LogP contribution in [0.4, 0.5) is 0 Å². The van der Waals surface area contributed by atoms with Crippen molar-refractivity contribution in [3.63, 3.8) is 0 Å². The van der Waals surface area contributed by atoms with Gasteiger partial charge in [0.15, 0.2) is 0 Å². The first-order valence-corrected chi connectivity index (χ1v) is 4.37. The molecule has 0 aliphatic carbocycles. The molecule has 1 rings (SSSR count). The smallest absolute Gasteiger partial charge is 0.105 e. The zero-order valence-electron chi connectivity index (χ0n) is 7.43. The summed E-state index contributed by atoms with van der Waals surface area (Å²) in [5, 5.41) is 19.1. The molecule has 4 N–H and O–H groups in total. The summed E-state index contributed by atoms with van der Waals surface area (Å²) in [6.07, 6.45) is -1.19. The Bertz CT molecular complexity index is 238. The van der Waals surface area contributed by atoms with Crippen LogP contribution in [0.3, 0.4) is 0 Å². The van der Waals surface area contributed by atoms with Gasteiger partial charge in [-0.25, -0.2) is 0 Å². The van der Waals surface area contributed by atoms with Crippen molar-refractivity contribution in [2.24, 2.45) is 5.73 Å². The maximum Gasteiger partial charge on any atom is 0.105 e. The Kier molecular flexibility index (Phi) is 3.89. The molecule has 1 aromatic carbocycles. The van der Waals surface area contributed by atoms with E-state index in [2.05, 4.69) is 0 Å². The summed E-state index contributed by atoms with van der Waals surface area (Å²) >= 11 is 0. The normalized spacial score (nSPS) is 15.3. The largest absolute Gasteiger partial charge is 0.390 e. The van der Waals surface area contributed by atoms with E-state index in [1.54, 1.807) is 12.1 Å². The number of benzene rings is 1. The van der Waals surface area contributed by atoms with Crippen molar-refractivity contribution in [1.29, 1.82) is 0 Å². The molecule has 0 aliphatic rings. The second kappa shape index (κ2) is 4.97. The third-order valence-corrected chi connectivity index (χ3v) is 1.97. The van der Waals surface area contributed by atoms with Crippen LogP contribution in [0.15, 0.2) is 30.3 Å². The van der Waals surface area contributed by atoms with E-state index < -0.39 is 12.2 Å². The monoisotopic (exact) mass is 181 g/mol. The Morgan fingerprint density at radius 3 is 2.31 bits per heavy atom. The van der Waals surface area contributed by atoms with Gasteiger partial charge in [0, 0.05) is 0 Å². The van der Waals surface area contributed by atoms with E-state index >= 15 is 0 Å². The van der Waals surface area contributed by atoms with Crippen LogP contribution in [0, 0.1) is 0 Å². The van der Waals surface area contributed by atoms with E-state index in [1.165, 1.54) is 0 Å². The van der Waals surface area contributed by atoms with Crippen LogP contribution in [0.2, 0.25) is 0 Å². The van der Waals surface area contributed by atoms with Gasteiger partial charge in [0.1, 0.15) is 6.10 Å². The van der Waals surface area contributed by atoms with Crippen molar-refractivity contribution in [2.45, 2.75) is 18.6 Å². The fourth-order valence-electron chi connectivity index (χ4n) is 1.20. The lowest BCUT2D eigenvalue weighted by atomic mass is 10.0. The number of nitrogens with two attached hydrogens (primary N) is 1. The molecule has 0 saturated heterocycles. The van der Waals surface area contributed by atoms with Crippen molar-refractivity contribution in [3.8, 4) is 0 Å². The highest BCUT2D eigenvalue weighted by atomic mass is 16.3. The number of hydrogen-bond acceptors (Lipinski definition) is 3. The van der Waals surface area contributed by atoms with Crippen LogP contribution >= 0.6 is 0 Å². The molecular weight excluding hydrogens is 166 g/mol. The van der Waals surface area contributed by atoms with Gasteiger partial charge in [-0.3, -0.25) is 0 Å². The quantitative estimate of drug-likeness (QED) is 0.631. The van der Waals surface area contributed by atoms with E-state index in [-0.39, 0.29) is 0 Å². The average molecular weight is 181 g/mol. The minimum atomic E-state index is -0.829. The minimum Gasteiger partial charge on any atom is -0.390 e. The van der Waals surface area contributed by atoms with E-state index in [0.29, 0.717) is 13.0 Å². The van der Waals surface area contributed by atoms with Gasteiger partial charge in [-0.1, -0.05) is 30.3 Å². The molecule has 13 heavy (non-hydrogen) atoms. The first kappa shape index (κ1) is 10.2. The maximum absolute atomic E-state index is 9.61. The Morgan fingerprint density at radius 2 is 1.77 bits per heavy atom. The molecule has 0 aliphatic heterocycles. The lowest BCUT2D eigenvalue weighted by Crippen LogP contribution is -2.21. The number of aliphatic hydroxyl groups excluding tert-OH is 2. The van der Waals surface area contributed by atoms with Crippen LogP contribution < -0.4 is 5.73 Å². The maximum atomic E-state index is 9.61. The van der Waals surface area contributed by atoms with Gasteiger partial charge < -0.3 is 15.9 Å². The molecule has 0 heterocycles. The fourth-order valence-corrected chi connectivity index (χ4v) is 1.20. The number of aliphatic hydroxyl groups is 2. The van der Waals surface area contributed by atoms with Gasteiger partial charge in [-0.05, 0) is 18.5 Å². The second-order valence-electron chi connectivity index (χ2n) is 3.00. The highest BCUT2D eigenvalue weighted by Crippen LogP contribution is 2.17. The van der Waals surface area contributed by atoms with Gasteiger partial charge in [0.2, 0.25) is 0 Å². The highest BCUT2D eigenvalue weighted by Gasteiger charge is 2.16. The predicted molar refractivity (Wildman–Crippen MR) is 51.1 cm³/mol. The molecule has 1 aromatic rings. The lowest BCUT2D eigenvalue weighted by Gasteiger charge is -2.16. The topological polar surface area (TPSA) is 66.5 Å². The van der Waals surface area contributed by atoms with Crippen LogP contribution in [-0.2, 0) is 0 Å². The number of rotatable bonds is 4. The second-order valence-corrected chi connectivity index (χ2v) is 3.00. The Morgan fingerprint density at radius 1 is 1.15 bits per heavy atom. The summed E-state index contributed by atoms with van der Waals surface area (Å²) in [4.78, 5) is 0. The van der Waals surface area contributed by atoms with Gasteiger partial charge >= 0.3 is 0 Å². The zero-order valence-corrected chi connectivity index (χ0v) is 7.43. The van der Waals surface area contributed by atoms with Crippen molar-refractivity contribution >= 4 is 0 Å². The Hall–Kier alpha value is -0.900. The van der Waals surface area contributed by atoms with Crippen LogP contribution in [0.1, 0.15) is 18.1 Å². The summed E-state index contributed by atoms with van der Waals surface area (Å²) < 4.78 is 0. The molecule has 3 heteroatoms. The van der Waals surface area contributed by atoms with Crippen molar-refractivity contribution in [3.05, 3.63) is 35.9 Å². The summed E-state index contributed by atoms with van der Waals surface area (Å²) in [7, 11) is 0. The first-order valence-electron chi connectivity index (χ1n) is 4.37. The molecule has 2 unspecified atom stereocenters. The number of hydrogen-bond donors (Lipinski definition) is 3. The van der Waals surface area contributed by atoms with Gasteiger partial charge in [-0.15, -0.1) is 0 Å². The lowest BCUT2D eigenvalue weighted by molar-refractivity contribution is 0.0150. The van der Waals surface area contributed by atoms with Crippen molar-refractivity contribution in [2.75, 3.05) is 6.54 Å². The van der Waals surface area contributed by atoms with Gasteiger partial charge in [0.25, 0.3) is 0 Å². The van der Waals surface area contributed by atoms with Gasteiger partial charge in [-0.2, -0.15) is 0 Å². The molecule has 0 amide bonds. The molecule has 0 fully saturated rings. The molecular formula is C10H15NO2. The molecule has 72 valence electrons. The van der Waals surface area contributed by atoms with Crippen LogP contribution in [0.25, 0.3) is 0 Å². The Balaban J connectivity index is 2.62. The molecule has 0 radical (unpaired) electrons. The zero-order chi connectivity index (χ0) is 9.68. The fraction of sp³-hybridized carbons (Fsp3) is 0.400. The van der Waals surface area contributed by atoms with Gasteiger partial charge in [0.05, 0.1) is 6.10 Å². The average Bonchev–Trinajstić information content (AvgIpc) is 2.18. The summed E-state index contributed by atoms with van der Waals surface area (Å²) in [6, 6.07) is 9.09. The molecule has 0 bridgehead atoms. The molecule has 0 saturated carbocycles. The predicted octanol–water partition coefficient (Wildman–Crippen LogP) is 0.430. The molecule has 2 atom stereocenters. The molecule has 3 nitrogen and oxygen atoms in total. The van der Waals surface area contributed by atoms with Crippen molar-refractivity contribution < 1.29 is 10.2 Å². The van der Waals surface area contributed by atoms with E-state index in [1.807, 2.05) is 18.2 Å². The summed E-state index contributed by atoms with van der Waals surface area (Å²) in [5.74, 6) is 0. The molecule has 0 aromatic heterocycles. The van der Waals surface area contributed by atoms with E-state index in [0.717, 1.165) is 5.56 Å². The minimum absolute atomic E-state index is 0.380. The van der Waals surface area contributed by atoms with E-state index in [4.69, 9.17) is 5.73 Å². The highest BCUT2D eigenvalue weighted by molar-refractivity contribution is 5.18. The third-order valence-electron chi connectivity index (χ3n) is 1.97. The van der Waals surface area contributed by atoms with E-state index in [9.17, 15) is 10.2 Å². The standard InChI is InChI=1S/C10H15NO2/c11-7-6-9(12)10(13)8-4-2-1-3-5-8/h1-5,9-10,12-13H,6-7,11H2. The molecule has 0 spiro atoms. The first-order chi connectivity index (χ1) is 6.25. The van der Waals surface area contributed by atoms with Crippen LogP contribution in [-0.4, -0.2) is 22.9 Å². The van der Waals surface area contributed by atoms with Crippen molar-refractivity contribution in [1.82, 2.24) is 0 Å².